The number of aromatic nitrogens is 1. The van der Waals surface area contributed by atoms with Crippen LogP contribution in [0.3, 0.4) is 0 Å². The van der Waals surface area contributed by atoms with E-state index in [1.165, 1.54) is 0 Å². The molecule has 2 heterocycles. The maximum Gasteiger partial charge on any atom is 0.322 e. The number of hydrogen-bond acceptors (Lipinski definition) is 5. The first kappa shape index (κ1) is 21.9. The number of nitrogens with one attached hydrogen (secondary N) is 2. The fourth-order valence-electron chi connectivity index (χ4n) is 3.74. The van der Waals surface area contributed by atoms with Gasteiger partial charge < -0.3 is 24.7 Å². The predicted molar refractivity (Wildman–Crippen MR) is 124 cm³/mol. The second-order valence-electron chi connectivity index (χ2n) is 7.75. The van der Waals surface area contributed by atoms with E-state index in [4.69, 9.17) is 9.47 Å². The third-order valence-electron chi connectivity index (χ3n) is 5.59. The van der Waals surface area contributed by atoms with E-state index in [0.29, 0.717) is 48.8 Å². The molecule has 2 N–H and O–H groups in total. The number of para-hydroxylation sites is 1. The summed E-state index contributed by atoms with van der Waals surface area (Å²) in [5.74, 6) is 0.676. The lowest BCUT2D eigenvalue weighted by molar-refractivity contribution is 0.0349. The average molecular weight is 437 g/mol. The van der Waals surface area contributed by atoms with Crippen molar-refractivity contribution in [3.63, 3.8) is 0 Å². The van der Waals surface area contributed by atoms with Crippen molar-refractivity contribution < 1.29 is 14.3 Å². The number of pyridine rings is 1. The Morgan fingerprint density at radius 2 is 1.94 bits per heavy atom. The van der Waals surface area contributed by atoms with E-state index >= 15 is 0 Å². The topological polar surface area (TPSA) is 86.9 Å². The minimum atomic E-state index is -0.237. The van der Waals surface area contributed by atoms with Gasteiger partial charge in [0.15, 0.2) is 0 Å². The molecule has 1 saturated heterocycles. The van der Waals surface area contributed by atoms with Gasteiger partial charge in [-0.15, -0.1) is 0 Å². The molecule has 2 aromatic carbocycles. The number of ether oxygens (including phenoxy) is 2. The van der Waals surface area contributed by atoms with Crippen molar-refractivity contribution in [1.29, 1.82) is 0 Å². The number of amides is 2. The lowest BCUT2D eigenvalue weighted by Crippen LogP contribution is -2.44. The van der Waals surface area contributed by atoms with Gasteiger partial charge in [-0.05, 0) is 35.7 Å². The third-order valence-corrected chi connectivity index (χ3v) is 5.59. The molecule has 2 amide bonds. The molecule has 168 valence electrons. The highest BCUT2D eigenvalue weighted by molar-refractivity contribution is 5.89. The minimum Gasteiger partial charge on any atom is -0.497 e. The third kappa shape index (κ3) is 5.46. The van der Waals surface area contributed by atoms with Crippen molar-refractivity contribution in [2.45, 2.75) is 6.54 Å². The summed E-state index contributed by atoms with van der Waals surface area (Å²) in [5.41, 5.74) is 1.74. The van der Waals surface area contributed by atoms with Crippen molar-refractivity contribution in [3.05, 3.63) is 70.5 Å². The van der Waals surface area contributed by atoms with Crippen LogP contribution in [0.4, 0.5) is 10.5 Å². The number of fused-ring (bicyclic) bond motifs is 1. The van der Waals surface area contributed by atoms with Gasteiger partial charge in [-0.2, -0.15) is 0 Å². The van der Waals surface area contributed by atoms with Gasteiger partial charge in [0.05, 0.1) is 32.4 Å². The number of carbonyl (C=O) groups is 1. The molecule has 8 heteroatoms. The number of anilines is 1. The van der Waals surface area contributed by atoms with Crippen molar-refractivity contribution in [2.24, 2.45) is 0 Å². The molecule has 1 aromatic heterocycles. The number of benzene rings is 2. The Hall–Kier alpha value is -3.36. The summed E-state index contributed by atoms with van der Waals surface area (Å²) in [4.78, 5) is 32.7. The SMILES string of the molecule is COc1ccc2cc(CN(CCN3CCOCC3)C(=O)Nc3ccccc3)c(=O)[nH]c2c1. The summed E-state index contributed by atoms with van der Waals surface area (Å²) >= 11 is 0. The summed E-state index contributed by atoms with van der Waals surface area (Å²) in [6.45, 7) is 4.50. The van der Waals surface area contributed by atoms with Crippen LogP contribution >= 0.6 is 0 Å². The maximum absolute atomic E-state index is 13.1. The van der Waals surface area contributed by atoms with Crippen LogP contribution < -0.4 is 15.6 Å². The van der Waals surface area contributed by atoms with Crippen molar-refractivity contribution in [3.8, 4) is 5.75 Å². The normalized spacial score (nSPS) is 14.3. The van der Waals surface area contributed by atoms with Crippen LogP contribution in [0.5, 0.6) is 5.75 Å². The van der Waals surface area contributed by atoms with E-state index in [-0.39, 0.29) is 18.1 Å². The molecule has 1 fully saturated rings. The molecule has 0 saturated carbocycles. The average Bonchev–Trinajstić information content (AvgIpc) is 2.82. The maximum atomic E-state index is 13.1. The summed E-state index contributed by atoms with van der Waals surface area (Å²) < 4.78 is 10.7. The minimum absolute atomic E-state index is 0.209. The summed E-state index contributed by atoms with van der Waals surface area (Å²) in [6, 6.07) is 16.5. The highest BCUT2D eigenvalue weighted by Gasteiger charge is 2.19. The fraction of sp³-hybridized carbons (Fsp3) is 0.333. The van der Waals surface area contributed by atoms with Gasteiger partial charge in [0.25, 0.3) is 5.56 Å². The van der Waals surface area contributed by atoms with Crippen LogP contribution in [-0.4, -0.2) is 67.3 Å². The Morgan fingerprint density at radius 1 is 1.16 bits per heavy atom. The first-order chi connectivity index (χ1) is 15.6. The van der Waals surface area contributed by atoms with Gasteiger partial charge in [-0.3, -0.25) is 9.69 Å². The molecule has 0 atom stereocenters. The molecular weight excluding hydrogens is 408 g/mol. The number of aromatic amines is 1. The number of methoxy groups -OCH3 is 1. The second kappa shape index (κ2) is 10.3. The molecule has 32 heavy (non-hydrogen) atoms. The van der Waals surface area contributed by atoms with E-state index in [9.17, 15) is 9.59 Å². The number of carbonyl (C=O) groups excluding carboxylic acids is 1. The largest absolute Gasteiger partial charge is 0.497 e. The molecule has 0 spiro atoms. The monoisotopic (exact) mass is 436 g/mol. The molecule has 1 aliphatic rings. The van der Waals surface area contributed by atoms with Gasteiger partial charge in [0.2, 0.25) is 0 Å². The van der Waals surface area contributed by atoms with E-state index < -0.39 is 0 Å². The Bertz CT molecular complexity index is 1110. The van der Waals surface area contributed by atoms with E-state index in [2.05, 4.69) is 15.2 Å². The smallest absolute Gasteiger partial charge is 0.322 e. The highest BCUT2D eigenvalue weighted by Crippen LogP contribution is 2.19. The standard InChI is InChI=1S/C24H28N4O4/c1-31-21-8-7-18-15-19(23(29)26-22(18)16-21)17-28(10-9-27-11-13-32-14-12-27)24(30)25-20-5-3-2-4-6-20/h2-8,15-16H,9-14,17H2,1H3,(H,25,30)(H,26,29). The van der Waals surface area contributed by atoms with Crippen molar-refractivity contribution >= 4 is 22.6 Å². The number of rotatable bonds is 7. The van der Waals surface area contributed by atoms with E-state index in [0.717, 1.165) is 18.5 Å². The Kier molecular flexibility index (Phi) is 7.03. The van der Waals surface area contributed by atoms with Gasteiger partial charge in [-0.25, -0.2) is 4.79 Å². The van der Waals surface area contributed by atoms with Crippen LogP contribution in [0.2, 0.25) is 0 Å². The molecule has 0 radical (unpaired) electrons. The molecule has 4 rings (SSSR count). The van der Waals surface area contributed by atoms with Crippen LogP contribution in [0, 0.1) is 0 Å². The van der Waals surface area contributed by atoms with Gasteiger partial charge in [0.1, 0.15) is 5.75 Å². The number of hydrogen-bond donors (Lipinski definition) is 2. The summed E-state index contributed by atoms with van der Waals surface area (Å²) in [6.07, 6.45) is 0. The molecular formula is C24H28N4O4. The quantitative estimate of drug-likeness (QED) is 0.595. The summed E-state index contributed by atoms with van der Waals surface area (Å²) in [5, 5.41) is 3.82. The van der Waals surface area contributed by atoms with Gasteiger partial charge in [0, 0.05) is 43.5 Å². The fourth-order valence-corrected chi connectivity index (χ4v) is 3.74. The Morgan fingerprint density at radius 3 is 2.69 bits per heavy atom. The Balaban J connectivity index is 1.54. The molecule has 3 aromatic rings. The summed E-state index contributed by atoms with van der Waals surface area (Å²) in [7, 11) is 1.59. The van der Waals surface area contributed by atoms with Crippen LogP contribution in [0.25, 0.3) is 10.9 Å². The van der Waals surface area contributed by atoms with Crippen LogP contribution in [0.1, 0.15) is 5.56 Å². The lowest BCUT2D eigenvalue weighted by atomic mass is 10.1. The zero-order valence-corrected chi connectivity index (χ0v) is 18.2. The number of urea groups is 1. The van der Waals surface area contributed by atoms with Crippen molar-refractivity contribution in [1.82, 2.24) is 14.8 Å². The first-order valence-corrected chi connectivity index (χ1v) is 10.7. The molecule has 0 bridgehead atoms. The first-order valence-electron chi connectivity index (χ1n) is 10.7. The number of nitrogens with zero attached hydrogens (tertiary/aromatic N) is 2. The zero-order valence-electron chi connectivity index (χ0n) is 18.2. The van der Waals surface area contributed by atoms with Crippen molar-refractivity contribution in [2.75, 3.05) is 51.8 Å². The zero-order chi connectivity index (χ0) is 22.3. The van der Waals surface area contributed by atoms with Crippen LogP contribution in [0.15, 0.2) is 59.4 Å². The second-order valence-corrected chi connectivity index (χ2v) is 7.75. The van der Waals surface area contributed by atoms with Gasteiger partial charge >= 0.3 is 6.03 Å². The highest BCUT2D eigenvalue weighted by atomic mass is 16.5. The van der Waals surface area contributed by atoms with Crippen LogP contribution in [-0.2, 0) is 11.3 Å². The lowest BCUT2D eigenvalue weighted by Gasteiger charge is -2.30. The molecule has 0 aliphatic carbocycles. The number of morpholine rings is 1. The molecule has 0 unspecified atom stereocenters. The van der Waals surface area contributed by atoms with E-state index in [1.807, 2.05) is 48.5 Å². The molecule has 1 aliphatic heterocycles. The Labute approximate surface area is 186 Å². The number of H-pyrrole nitrogens is 1. The van der Waals surface area contributed by atoms with E-state index in [1.54, 1.807) is 18.1 Å². The molecule has 8 nitrogen and oxygen atoms in total. The predicted octanol–water partition coefficient (Wildman–Crippen LogP) is 2.90. The van der Waals surface area contributed by atoms with Gasteiger partial charge in [-0.1, -0.05) is 18.2 Å².